The second kappa shape index (κ2) is 6.76. The molecule has 0 radical (unpaired) electrons. The molecule has 0 aromatic heterocycles. The molecule has 1 heterocycles. The molecule has 0 saturated carbocycles. The Morgan fingerprint density at radius 2 is 2.33 bits per heavy atom. The minimum atomic E-state index is 0.647. The highest BCUT2D eigenvalue weighted by molar-refractivity contribution is 5.28. The molecule has 3 heteroatoms. The van der Waals surface area contributed by atoms with E-state index in [1.165, 1.54) is 24.9 Å². The van der Waals surface area contributed by atoms with Crippen LogP contribution in [0.15, 0.2) is 24.3 Å². The van der Waals surface area contributed by atoms with Gasteiger partial charge < -0.3 is 10.1 Å². The first-order valence-electron chi connectivity index (χ1n) is 6.93. The third-order valence-electron chi connectivity index (χ3n) is 3.53. The monoisotopic (exact) mass is 248 g/mol. The summed E-state index contributed by atoms with van der Waals surface area (Å²) >= 11 is 0. The Morgan fingerprint density at radius 3 is 3.11 bits per heavy atom. The van der Waals surface area contributed by atoms with Crippen molar-refractivity contribution in [3.05, 3.63) is 29.8 Å². The number of likely N-dealkylation sites (tertiary alicyclic amines) is 1. The van der Waals surface area contributed by atoms with Crippen molar-refractivity contribution < 1.29 is 4.74 Å². The lowest BCUT2D eigenvalue weighted by molar-refractivity contribution is 0.188. The number of piperidine rings is 1. The van der Waals surface area contributed by atoms with Crippen molar-refractivity contribution in [2.75, 3.05) is 26.7 Å². The number of hydrogen-bond donors (Lipinski definition) is 1. The van der Waals surface area contributed by atoms with Crippen molar-refractivity contribution >= 4 is 0 Å². The van der Waals surface area contributed by atoms with Crippen LogP contribution < -0.4 is 10.1 Å². The first kappa shape index (κ1) is 13.4. The molecule has 1 unspecified atom stereocenters. The number of benzene rings is 1. The summed E-state index contributed by atoms with van der Waals surface area (Å²) in [5.74, 6) is 0.983. The minimum absolute atomic E-state index is 0.647. The van der Waals surface area contributed by atoms with E-state index >= 15 is 0 Å². The normalized spacial score (nSPS) is 20.9. The van der Waals surface area contributed by atoms with Crippen LogP contribution in [0.25, 0.3) is 0 Å². The highest BCUT2D eigenvalue weighted by atomic mass is 16.5. The van der Waals surface area contributed by atoms with Crippen LogP contribution in [-0.4, -0.2) is 37.7 Å². The Balaban J connectivity index is 1.93. The fraction of sp³-hybridized carbons (Fsp3) is 0.600. The van der Waals surface area contributed by atoms with Gasteiger partial charge in [-0.25, -0.2) is 0 Å². The van der Waals surface area contributed by atoms with Gasteiger partial charge >= 0.3 is 0 Å². The Morgan fingerprint density at radius 1 is 1.44 bits per heavy atom. The lowest BCUT2D eigenvalue weighted by Crippen LogP contribution is -2.43. The van der Waals surface area contributed by atoms with Gasteiger partial charge in [0, 0.05) is 19.1 Å². The van der Waals surface area contributed by atoms with Crippen molar-refractivity contribution in [3.63, 3.8) is 0 Å². The molecule has 0 spiro atoms. The van der Waals surface area contributed by atoms with Gasteiger partial charge in [-0.2, -0.15) is 0 Å². The molecule has 18 heavy (non-hydrogen) atoms. The molecule has 1 aliphatic rings. The maximum Gasteiger partial charge on any atom is 0.119 e. The van der Waals surface area contributed by atoms with Crippen LogP contribution in [-0.2, 0) is 6.54 Å². The van der Waals surface area contributed by atoms with Gasteiger partial charge in [0.05, 0.1) is 6.61 Å². The van der Waals surface area contributed by atoms with Crippen molar-refractivity contribution in [2.45, 2.75) is 32.4 Å². The maximum absolute atomic E-state index is 5.55. The Labute approximate surface area is 110 Å². The van der Waals surface area contributed by atoms with Gasteiger partial charge in [-0.3, -0.25) is 4.90 Å². The summed E-state index contributed by atoms with van der Waals surface area (Å²) in [6.07, 6.45) is 2.59. The van der Waals surface area contributed by atoms with E-state index in [2.05, 4.69) is 35.5 Å². The standard InChI is InChI=1S/C15H24N2O/c1-3-18-15-8-4-6-13(10-15)11-17-9-5-7-14(12-17)16-2/h4,6,8,10,14,16H,3,5,7,9,11-12H2,1-2H3. The summed E-state index contributed by atoms with van der Waals surface area (Å²) in [7, 11) is 2.06. The molecule has 1 saturated heterocycles. The maximum atomic E-state index is 5.55. The molecule has 1 aliphatic heterocycles. The third kappa shape index (κ3) is 3.72. The van der Waals surface area contributed by atoms with Crippen LogP contribution in [0, 0.1) is 0 Å². The van der Waals surface area contributed by atoms with Crippen LogP contribution >= 0.6 is 0 Å². The summed E-state index contributed by atoms with van der Waals surface area (Å²) in [6.45, 7) is 6.13. The number of nitrogens with zero attached hydrogens (tertiary/aromatic N) is 1. The quantitative estimate of drug-likeness (QED) is 0.865. The second-order valence-electron chi connectivity index (χ2n) is 4.94. The lowest BCUT2D eigenvalue weighted by atomic mass is 10.1. The summed E-state index contributed by atoms with van der Waals surface area (Å²) in [5.41, 5.74) is 1.35. The zero-order valence-electron chi connectivity index (χ0n) is 11.5. The molecule has 1 N–H and O–H groups in total. The van der Waals surface area contributed by atoms with E-state index in [9.17, 15) is 0 Å². The first-order chi connectivity index (χ1) is 8.81. The predicted molar refractivity (Wildman–Crippen MR) is 75.0 cm³/mol. The molecule has 100 valence electrons. The lowest BCUT2D eigenvalue weighted by Gasteiger charge is -2.32. The first-order valence-corrected chi connectivity index (χ1v) is 6.93. The van der Waals surface area contributed by atoms with Gasteiger partial charge in [0.1, 0.15) is 5.75 Å². The van der Waals surface area contributed by atoms with Crippen LogP contribution in [0.1, 0.15) is 25.3 Å². The van der Waals surface area contributed by atoms with E-state index in [0.717, 1.165) is 25.4 Å². The van der Waals surface area contributed by atoms with Crippen LogP contribution in [0.5, 0.6) is 5.75 Å². The second-order valence-corrected chi connectivity index (χ2v) is 4.94. The van der Waals surface area contributed by atoms with Gasteiger partial charge in [0.25, 0.3) is 0 Å². The fourth-order valence-electron chi connectivity index (χ4n) is 2.59. The Bertz CT molecular complexity index is 367. The van der Waals surface area contributed by atoms with E-state index in [-0.39, 0.29) is 0 Å². The SMILES string of the molecule is CCOc1cccc(CN2CCCC(NC)C2)c1. The number of rotatable bonds is 5. The molecular weight excluding hydrogens is 224 g/mol. The van der Waals surface area contributed by atoms with E-state index in [1.807, 2.05) is 13.0 Å². The Kier molecular flexibility index (Phi) is 5.02. The largest absolute Gasteiger partial charge is 0.494 e. The zero-order valence-corrected chi connectivity index (χ0v) is 11.5. The molecule has 1 aromatic rings. The summed E-state index contributed by atoms with van der Waals surface area (Å²) in [5, 5.41) is 3.38. The van der Waals surface area contributed by atoms with Crippen LogP contribution in [0.3, 0.4) is 0 Å². The predicted octanol–water partition coefficient (Wildman–Crippen LogP) is 2.27. The molecule has 1 aromatic carbocycles. The molecule has 3 nitrogen and oxygen atoms in total. The molecule has 2 rings (SSSR count). The zero-order chi connectivity index (χ0) is 12.8. The van der Waals surface area contributed by atoms with Gasteiger partial charge in [-0.15, -0.1) is 0 Å². The fourth-order valence-corrected chi connectivity index (χ4v) is 2.59. The third-order valence-corrected chi connectivity index (χ3v) is 3.53. The number of ether oxygens (including phenoxy) is 1. The van der Waals surface area contributed by atoms with E-state index in [4.69, 9.17) is 4.74 Å². The molecule has 0 amide bonds. The van der Waals surface area contributed by atoms with Gasteiger partial charge in [0.2, 0.25) is 0 Å². The number of nitrogens with one attached hydrogen (secondary N) is 1. The van der Waals surface area contributed by atoms with Crippen molar-refractivity contribution in [1.82, 2.24) is 10.2 Å². The molecule has 0 bridgehead atoms. The molecule has 0 aliphatic carbocycles. The van der Waals surface area contributed by atoms with E-state index < -0.39 is 0 Å². The average molecular weight is 248 g/mol. The highest BCUT2D eigenvalue weighted by Gasteiger charge is 2.18. The topological polar surface area (TPSA) is 24.5 Å². The Hall–Kier alpha value is -1.06. The smallest absolute Gasteiger partial charge is 0.119 e. The number of likely N-dealkylation sites (N-methyl/N-ethyl adjacent to an activating group) is 1. The summed E-state index contributed by atoms with van der Waals surface area (Å²) < 4.78 is 5.55. The van der Waals surface area contributed by atoms with E-state index in [0.29, 0.717) is 6.04 Å². The highest BCUT2D eigenvalue weighted by Crippen LogP contribution is 2.17. The van der Waals surface area contributed by atoms with Crippen LogP contribution in [0.2, 0.25) is 0 Å². The van der Waals surface area contributed by atoms with Gasteiger partial charge in [-0.05, 0) is 51.1 Å². The minimum Gasteiger partial charge on any atom is -0.494 e. The van der Waals surface area contributed by atoms with Crippen LogP contribution in [0.4, 0.5) is 0 Å². The van der Waals surface area contributed by atoms with Crippen molar-refractivity contribution in [1.29, 1.82) is 0 Å². The number of hydrogen-bond acceptors (Lipinski definition) is 3. The molecule has 1 atom stereocenters. The van der Waals surface area contributed by atoms with E-state index in [1.54, 1.807) is 0 Å². The van der Waals surface area contributed by atoms with Gasteiger partial charge in [-0.1, -0.05) is 12.1 Å². The summed E-state index contributed by atoms with van der Waals surface area (Å²) in [4.78, 5) is 2.52. The van der Waals surface area contributed by atoms with Crippen molar-refractivity contribution in [3.8, 4) is 5.75 Å². The summed E-state index contributed by atoms with van der Waals surface area (Å²) in [6, 6.07) is 9.10. The van der Waals surface area contributed by atoms with Gasteiger partial charge in [0.15, 0.2) is 0 Å². The average Bonchev–Trinajstić information content (AvgIpc) is 2.40. The molecular formula is C15H24N2O. The van der Waals surface area contributed by atoms with Crippen molar-refractivity contribution in [2.24, 2.45) is 0 Å². The molecule has 1 fully saturated rings.